The molecule has 136 valence electrons. The Morgan fingerprint density at radius 2 is 1.92 bits per heavy atom. The number of nitrogens with zero attached hydrogens (tertiary/aromatic N) is 1. The molecule has 0 aliphatic rings. The molecule has 0 bridgehead atoms. The maximum atomic E-state index is 12.4. The van der Waals surface area contributed by atoms with Crippen LogP contribution < -0.4 is 5.32 Å². The molecule has 5 heteroatoms. The predicted molar refractivity (Wildman–Crippen MR) is 106 cm³/mol. The van der Waals surface area contributed by atoms with Crippen LogP contribution in [0.5, 0.6) is 0 Å². The van der Waals surface area contributed by atoms with Crippen molar-refractivity contribution in [1.29, 1.82) is 5.26 Å². The van der Waals surface area contributed by atoms with Gasteiger partial charge in [-0.3, -0.25) is 0 Å². The number of para-hydroxylation sites is 1. The number of benzene rings is 2. The molecule has 4 nitrogen and oxygen atoms in total. The number of aryl methyl sites for hydroxylation is 1. The van der Waals surface area contributed by atoms with Crippen molar-refractivity contribution >= 4 is 32.3 Å². The third kappa shape index (κ3) is 5.36. The molecule has 0 radical (unpaired) electrons. The van der Waals surface area contributed by atoms with Gasteiger partial charge in [-0.05, 0) is 6.92 Å². The summed E-state index contributed by atoms with van der Waals surface area (Å²) in [6, 6.07) is 14.0. The van der Waals surface area contributed by atoms with Crippen molar-refractivity contribution in [3.8, 4) is 4.97 Å². The Balaban J connectivity index is 2.09. The molecule has 1 N–H and O–H groups in total. The normalized spacial score (nSPS) is 11.5. The van der Waals surface area contributed by atoms with E-state index in [1.165, 1.54) is 11.1 Å². The first-order valence-electron chi connectivity index (χ1n) is 8.64. The minimum absolute atomic E-state index is 0.0137. The number of hydrogen-bond donors (Lipinski definition) is 1. The third-order valence-electron chi connectivity index (χ3n) is 4.35. The Hall–Kier alpha value is -2.28. The average Bonchev–Trinajstić information content (AvgIpc) is 2.65. The fourth-order valence-corrected chi connectivity index (χ4v) is 3.36. The molecule has 0 saturated carbocycles. The van der Waals surface area contributed by atoms with Gasteiger partial charge in [0.15, 0.2) is 0 Å². The molecule has 1 atom stereocenters. The number of hydrogen-bond acceptors (Lipinski definition) is 4. The number of nitriles is 1. The zero-order valence-electron chi connectivity index (χ0n) is 15.4. The van der Waals surface area contributed by atoms with Crippen molar-refractivity contribution in [3.63, 3.8) is 0 Å². The second kappa shape index (κ2) is 10.0. The van der Waals surface area contributed by atoms with Crippen LogP contribution in [0.25, 0.3) is 0 Å². The van der Waals surface area contributed by atoms with Gasteiger partial charge in [-0.25, -0.2) is 0 Å². The van der Waals surface area contributed by atoms with Gasteiger partial charge in [0.25, 0.3) is 0 Å². The fourth-order valence-electron chi connectivity index (χ4n) is 2.62. The molecule has 0 fully saturated rings. The third-order valence-corrected chi connectivity index (χ3v) is 5.66. The van der Waals surface area contributed by atoms with E-state index in [9.17, 15) is 4.79 Å². The van der Waals surface area contributed by atoms with Crippen molar-refractivity contribution in [2.45, 2.75) is 38.4 Å². The SMILES string of the molecule is Cc1cccc(Nc2ccccc2C(C)C(=O)OCCC[Se]C#N)c1C. The standard InChI is InChI=1S/C21H24N2O2Se/c1-15-8-6-11-19(16(15)2)23-20-10-5-4-9-18(20)17(3)21(24)25-12-7-13-26-14-22/h4-6,8-11,17,23H,7,12-13H2,1-3H3. The Kier molecular flexibility index (Phi) is 7.71. The van der Waals surface area contributed by atoms with Crippen molar-refractivity contribution < 1.29 is 9.53 Å². The van der Waals surface area contributed by atoms with Crippen LogP contribution in [-0.2, 0) is 9.53 Å². The molecule has 0 saturated heterocycles. The van der Waals surface area contributed by atoms with Gasteiger partial charge in [0.2, 0.25) is 0 Å². The van der Waals surface area contributed by atoms with E-state index in [1.807, 2.05) is 43.3 Å². The van der Waals surface area contributed by atoms with Crippen LogP contribution >= 0.6 is 0 Å². The molecular weight excluding hydrogens is 391 g/mol. The van der Waals surface area contributed by atoms with E-state index in [-0.39, 0.29) is 26.8 Å². The van der Waals surface area contributed by atoms with E-state index < -0.39 is 0 Å². The second-order valence-electron chi connectivity index (χ2n) is 6.14. The predicted octanol–water partition coefficient (Wildman–Crippen LogP) is 4.69. The van der Waals surface area contributed by atoms with Crippen LogP contribution in [-0.4, -0.2) is 27.5 Å². The summed E-state index contributed by atoms with van der Waals surface area (Å²) in [4.78, 5) is 14.5. The van der Waals surface area contributed by atoms with E-state index in [0.29, 0.717) is 6.61 Å². The minimum atomic E-state index is -0.356. The summed E-state index contributed by atoms with van der Waals surface area (Å²) in [5.41, 5.74) is 5.28. The number of rotatable bonds is 8. The summed E-state index contributed by atoms with van der Waals surface area (Å²) >= 11 is -0.0137. The van der Waals surface area contributed by atoms with E-state index in [1.54, 1.807) is 0 Å². The fraction of sp³-hybridized carbons (Fsp3) is 0.333. The first-order chi connectivity index (χ1) is 12.5. The van der Waals surface area contributed by atoms with E-state index in [4.69, 9.17) is 10.00 Å². The average molecular weight is 415 g/mol. The number of ether oxygens (including phenoxy) is 1. The Morgan fingerprint density at radius 3 is 2.69 bits per heavy atom. The van der Waals surface area contributed by atoms with Crippen LogP contribution in [0, 0.1) is 24.1 Å². The number of esters is 1. The molecule has 1 unspecified atom stereocenters. The number of anilines is 2. The van der Waals surface area contributed by atoms with Crippen LogP contribution in [0.1, 0.15) is 36.0 Å². The van der Waals surface area contributed by atoms with Gasteiger partial charge in [-0.1, -0.05) is 6.07 Å². The van der Waals surface area contributed by atoms with Gasteiger partial charge in [0.05, 0.1) is 0 Å². The monoisotopic (exact) mass is 416 g/mol. The van der Waals surface area contributed by atoms with E-state index in [2.05, 4.69) is 30.2 Å². The molecular formula is C21H24N2O2Se. The van der Waals surface area contributed by atoms with Crippen LogP contribution in [0.2, 0.25) is 5.32 Å². The summed E-state index contributed by atoms with van der Waals surface area (Å²) in [5, 5.41) is 12.8. The first-order valence-corrected chi connectivity index (χ1v) is 10.7. The second-order valence-corrected chi connectivity index (χ2v) is 7.99. The van der Waals surface area contributed by atoms with Crippen molar-refractivity contribution in [2.75, 3.05) is 11.9 Å². The van der Waals surface area contributed by atoms with Crippen molar-refractivity contribution in [1.82, 2.24) is 0 Å². The molecule has 2 aromatic carbocycles. The van der Waals surface area contributed by atoms with Gasteiger partial charge >= 0.3 is 149 Å². The summed E-state index contributed by atoms with van der Waals surface area (Å²) in [5.74, 6) is -0.588. The van der Waals surface area contributed by atoms with Crippen LogP contribution in [0.15, 0.2) is 42.5 Å². The van der Waals surface area contributed by atoms with Crippen molar-refractivity contribution in [3.05, 3.63) is 59.2 Å². The maximum absolute atomic E-state index is 12.4. The summed E-state index contributed by atoms with van der Waals surface area (Å²) in [6.07, 6.45) is 0.744. The molecule has 26 heavy (non-hydrogen) atoms. The zero-order chi connectivity index (χ0) is 18.9. The molecule has 0 aliphatic heterocycles. The van der Waals surface area contributed by atoms with Gasteiger partial charge in [0.1, 0.15) is 0 Å². The quantitative estimate of drug-likeness (QED) is 0.386. The van der Waals surface area contributed by atoms with Crippen molar-refractivity contribution in [2.24, 2.45) is 0 Å². The topological polar surface area (TPSA) is 62.1 Å². The summed E-state index contributed by atoms with van der Waals surface area (Å²) in [7, 11) is 0. The summed E-state index contributed by atoms with van der Waals surface area (Å²) in [6.45, 7) is 6.41. The number of carbonyl (C=O) groups is 1. The van der Waals surface area contributed by atoms with Gasteiger partial charge in [-0.15, -0.1) is 0 Å². The van der Waals surface area contributed by atoms with Gasteiger partial charge in [-0.2, -0.15) is 0 Å². The first kappa shape index (κ1) is 20.0. The molecule has 0 heterocycles. The van der Waals surface area contributed by atoms with Gasteiger partial charge < -0.3 is 0 Å². The van der Waals surface area contributed by atoms with E-state index in [0.717, 1.165) is 28.7 Å². The zero-order valence-corrected chi connectivity index (χ0v) is 17.1. The Bertz CT molecular complexity index is 799. The van der Waals surface area contributed by atoms with Gasteiger partial charge in [0, 0.05) is 0 Å². The van der Waals surface area contributed by atoms with Crippen LogP contribution in [0.4, 0.5) is 11.4 Å². The number of carbonyl (C=O) groups excluding carboxylic acids is 1. The Morgan fingerprint density at radius 1 is 1.19 bits per heavy atom. The molecule has 0 amide bonds. The van der Waals surface area contributed by atoms with E-state index >= 15 is 0 Å². The molecule has 2 aromatic rings. The molecule has 0 aromatic heterocycles. The number of nitrogens with one attached hydrogen (secondary N) is 1. The van der Waals surface area contributed by atoms with Crippen LogP contribution in [0.3, 0.4) is 0 Å². The molecule has 0 spiro atoms. The summed E-state index contributed by atoms with van der Waals surface area (Å²) < 4.78 is 5.39. The molecule has 2 rings (SSSR count). The Labute approximate surface area is 161 Å². The molecule has 0 aliphatic carbocycles.